The lowest BCUT2D eigenvalue weighted by Gasteiger charge is -2.14. The number of para-hydroxylation sites is 1. The van der Waals surface area contributed by atoms with E-state index in [1.807, 2.05) is 85.6 Å². The van der Waals surface area contributed by atoms with Gasteiger partial charge in [-0.3, -0.25) is 9.69 Å². The van der Waals surface area contributed by atoms with Crippen LogP contribution in [0.3, 0.4) is 0 Å². The molecule has 1 amide bonds. The maximum absolute atomic E-state index is 12.7. The Bertz CT molecular complexity index is 1140. The van der Waals surface area contributed by atoms with Crippen molar-refractivity contribution in [2.75, 3.05) is 18.9 Å². The lowest BCUT2D eigenvalue weighted by atomic mass is 10.2. The summed E-state index contributed by atoms with van der Waals surface area (Å²) >= 11 is 0. The predicted octanol–water partition coefficient (Wildman–Crippen LogP) is 3.56. The fourth-order valence-corrected chi connectivity index (χ4v) is 3.20. The first-order valence-corrected chi connectivity index (χ1v) is 10.1. The van der Waals surface area contributed by atoms with Gasteiger partial charge in [0, 0.05) is 18.1 Å². The lowest BCUT2D eigenvalue weighted by Crippen LogP contribution is -2.30. The third-order valence-electron chi connectivity index (χ3n) is 4.69. The van der Waals surface area contributed by atoms with E-state index in [2.05, 4.69) is 15.5 Å². The fraction of sp³-hybridized carbons (Fsp3) is 0.217. The Hall–Kier alpha value is -3.78. The first-order chi connectivity index (χ1) is 15.1. The Labute approximate surface area is 180 Å². The van der Waals surface area contributed by atoms with Crippen molar-refractivity contribution < 1.29 is 9.32 Å². The topological polar surface area (TPSA) is 89.1 Å². The quantitative estimate of drug-likeness (QED) is 0.472. The van der Waals surface area contributed by atoms with E-state index < -0.39 is 0 Å². The second kappa shape index (κ2) is 9.36. The van der Waals surface area contributed by atoms with E-state index in [1.165, 1.54) is 0 Å². The molecule has 0 bridgehead atoms. The molecule has 2 heterocycles. The smallest absolute Gasteiger partial charge is 0.240 e. The van der Waals surface area contributed by atoms with Crippen molar-refractivity contribution in [3.8, 4) is 16.9 Å². The van der Waals surface area contributed by atoms with Crippen LogP contribution in [0, 0.1) is 0 Å². The van der Waals surface area contributed by atoms with E-state index in [-0.39, 0.29) is 12.5 Å². The summed E-state index contributed by atoms with van der Waals surface area (Å²) in [5.41, 5.74) is 2.63. The van der Waals surface area contributed by atoms with E-state index in [0.717, 1.165) is 16.9 Å². The van der Waals surface area contributed by atoms with Gasteiger partial charge in [0.25, 0.3) is 0 Å². The zero-order valence-corrected chi connectivity index (χ0v) is 17.5. The summed E-state index contributed by atoms with van der Waals surface area (Å²) < 4.78 is 6.95. The maximum Gasteiger partial charge on any atom is 0.240 e. The first kappa shape index (κ1) is 20.5. The van der Waals surface area contributed by atoms with Crippen LogP contribution in [0.4, 0.5) is 5.82 Å². The Balaban J connectivity index is 1.51. The monoisotopic (exact) mass is 416 g/mol. The molecule has 0 spiro atoms. The van der Waals surface area contributed by atoms with E-state index in [0.29, 0.717) is 30.5 Å². The number of nitrogens with zero attached hydrogens (tertiary/aromatic N) is 5. The molecule has 0 aliphatic carbocycles. The van der Waals surface area contributed by atoms with Crippen molar-refractivity contribution in [3.05, 3.63) is 78.4 Å². The number of carbonyl (C=O) groups is 1. The molecule has 4 rings (SSSR count). The van der Waals surface area contributed by atoms with Crippen LogP contribution in [0.5, 0.6) is 0 Å². The van der Waals surface area contributed by atoms with E-state index in [4.69, 9.17) is 9.62 Å². The van der Waals surface area contributed by atoms with E-state index in [9.17, 15) is 4.79 Å². The molecule has 2 aromatic heterocycles. The number of anilines is 1. The largest absolute Gasteiger partial charge is 0.338 e. The summed E-state index contributed by atoms with van der Waals surface area (Å²) in [6.07, 6.45) is 0.709. The Morgan fingerprint density at radius 3 is 2.48 bits per heavy atom. The van der Waals surface area contributed by atoms with Crippen molar-refractivity contribution in [2.24, 2.45) is 0 Å². The van der Waals surface area contributed by atoms with Crippen molar-refractivity contribution in [1.82, 2.24) is 24.8 Å². The average molecular weight is 416 g/mol. The number of likely N-dealkylation sites (N-methyl/N-ethyl adjacent to an activating group) is 1. The van der Waals surface area contributed by atoms with Crippen LogP contribution in [0.2, 0.25) is 0 Å². The predicted molar refractivity (Wildman–Crippen MR) is 118 cm³/mol. The number of aryl methyl sites for hydroxylation is 1. The Morgan fingerprint density at radius 2 is 1.81 bits per heavy atom. The highest BCUT2D eigenvalue weighted by molar-refractivity contribution is 5.92. The van der Waals surface area contributed by atoms with Crippen LogP contribution in [0.15, 0.2) is 71.3 Å². The molecule has 0 atom stereocenters. The number of benzene rings is 2. The second-order valence-corrected chi connectivity index (χ2v) is 7.21. The van der Waals surface area contributed by atoms with Crippen LogP contribution < -0.4 is 5.32 Å². The molecule has 4 aromatic rings. The number of hydrogen-bond donors (Lipinski definition) is 1. The number of aromatic nitrogens is 4. The minimum absolute atomic E-state index is 0.158. The van der Waals surface area contributed by atoms with Gasteiger partial charge in [0.05, 0.1) is 24.5 Å². The van der Waals surface area contributed by atoms with Crippen LogP contribution in [0.25, 0.3) is 16.9 Å². The Morgan fingerprint density at radius 1 is 1.10 bits per heavy atom. The maximum atomic E-state index is 12.7. The van der Waals surface area contributed by atoms with E-state index in [1.54, 1.807) is 4.68 Å². The molecule has 0 unspecified atom stereocenters. The molecule has 0 fully saturated rings. The molecule has 2 aromatic carbocycles. The summed E-state index contributed by atoms with van der Waals surface area (Å²) in [4.78, 5) is 18.9. The third-order valence-corrected chi connectivity index (χ3v) is 4.69. The molecular formula is C23H24N6O2. The Kier molecular flexibility index (Phi) is 6.18. The van der Waals surface area contributed by atoms with Gasteiger partial charge in [-0.25, -0.2) is 4.68 Å². The zero-order valence-electron chi connectivity index (χ0n) is 17.5. The SMILES string of the molecule is CCc1noc(CN(C)CC(=O)Nc2cc(-c3ccccc3)nn2-c2ccccc2)n1. The molecule has 0 aliphatic heterocycles. The molecule has 0 radical (unpaired) electrons. The summed E-state index contributed by atoms with van der Waals surface area (Å²) in [5.74, 6) is 1.60. The highest BCUT2D eigenvalue weighted by Gasteiger charge is 2.16. The zero-order chi connectivity index (χ0) is 21.6. The van der Waals surface area contributed by atoms with Crippen LogP contribution in [-0.4, -0.2) is 44.3 Å². The molecular weight excluding hydrogens is 392 g/mol. The molecule has 31 heavy (non-hydrogen) atoms. The molecule has 8 nitrogen and oxygen atoms in total. The average Bonchev–Trinajstić information content (AvgIpc) is 3.41. The number of hydrogen-bond acceptors (Lipinski definition) is 6. The van der Waals surface area contributed by atoms with Crippen LogP contribution in [0.1, 0.15) is 18.6 Å². The molecule has 1 N–H and O–H groups in total. The van der Waals surface area contributed by atoms with Crippen LogP contribution in [-0.2, 0) is 17.8 Å². The van der Waals surface area contributed by atoms with Gasteiger partial charge >= 0.3 is 0 Å². The van der Waals surface area contributed by atoms with Gasteiger partial charge < -0.3 is 9.84 Å². The highest BCUT2D eigenvalue weighted by atomic mass is 16.5. The van der Waals surface area contributed by atoms with E-state index >= 15 is 0 Å². The minimum Gasteiger partial charge on any atom is -0.338 e. The molecule has 158 valence electrons. The molecule has 0 saturated heterocycles. The molecule has 0 saturated carbocycles. The number of nitrogens with one attached hydrogen (secondary N) is 1. The van der Waals surface area contributed by atoms with Gasteiger partial charge in [0.15, 0.2) is 5.82 Å². The summed E-state index contributed by atoms with van der Waals surface area (Å²) in [7, 11) is 1.83. The number of amides is 1. The van der Waals surface area contributed by atoms with Crippen molar-refractivity contribution in [3.63, 3.8) is 0 Å². The van der Waals surface area contributed by atoms with Crippen molar-refractivity contribution >= 4 is 11.7 Å². The highest BCUT2D eigenvalue weighted by Crippen LogP contribution is 2.24. The van der Waals surface area contributed by atoms with Gasteiger partial charge in [0.2, 0.25) is 11.8 Å². The lowest BCUT2D eigenvalue weighted by molar-refractivity contribution is -0.117. The molecule has 0 aliphatic rings. The standard InChI is InChI=1S/C23H24N6O2/c1-3-20-24-23(31-27-20)16-28(2)15-22(30)25-21-14-19(17-10-6-4-7-11-17)26-29(21)18-12-8-5-9-13-18/h4-14H,3,15-16H2,1-2H3,(H,25,30). The first-order valence-electron chi connectivity index (χ1n) is 10.1. The summed E-state index contributed by atoms with van der Waals surface area (Å²) in [5, 5.41) is 11.6. The second-order valence-electron chi connectivity index (χ2n) is 7.21. The number of rotatable bonds is 8. The summed E-state index contributed by atoms with van der Waals surface area (Å²) in [6, 6.07) is 21.5. The van der Waals surface area contributed by atoms with Crippen molar-refractivity contribution in [2.45, 2.75) is 19.9 Å². The van der Waals surface area contributed by atoms with Crippen LogP contribution >= 0.6 is 0 Å². The van der Waals surface area contributed by atoms with Gasteiger partial charge in [-0.15, -0.1) is 0 Å². The summed E-state index contributed by atoms with van der Waals surface area (Å²) in [6.45, 7) is 2.53. The van der Waals surface area contributed by atoms with Gasteiger partial charge in [-0.2, -0.15) is 10.1 Å². The minimum atomic E-state index is -0.158. The normalized spacial score (nSPS) is 11.1. The third kappa shape index (κ3) is 5.04. The fourth-order valence-electron chi connectivity index (χ4n) is 3.20. The van der Waals surface area contributed by atoms with Crippen molar-refractivity contribution in [1.29, 1.82) is 0 Å². The molecule has 8 heteroatoms. The van der Waals surface area contributed by atoms with Gasteiger partial charge in [-0.1, -0.05) is 60.6 Å². The number of carbonyl (C=O) groups excluding carboxylic acids is 1. The van der Waals surface area contributed by atoms with Gasteiger partial charge in [-0.05, 0) is 19.2 Å². The van der Waals surface area contributed by atoms with Gasteiger partial charge in [0.1, 0.15) is 5.82 Å².